The van der Waals surface area contributed by atoms with E-state index in [2.05, 4.69) is 10.2 Å². The van der Waals surface area contributed by atoms with Gasteiger partial charge >= 0.3 is 0 Å². The Balaban J connectivity index is 1.12. The number of phenols is 1. The van der Waals surface area contributed by atoms with Gasteiger partial charge in [0.15, 0.2) is 11.5 Å². The van der Waals surface area contributed by atoms with Crippen molar-refractivity contribution in [3.63, 3.8) is 0 Å². The lowest BCUT2D eigenvalue weighted by atomic mass is 9.49. The van der Waals surface area contributed by atoms with E-state index in [1.807, 2.05) is 79.7 Å². The van der Waals surface area contributed by atoms with Crippen LogP contribution >= 0.6 is 11.6 Å². The molecule has 5 aromatic rings. The summed E-state index contributed by atoms with van der Waals surface area (Å²) in [6.07, 6.45) is 2.39. The summed E-state index contributed by atoms with van der Waals surface area (Å²) < 4.78 is 5.40. The van der Waals surface area contributed by atoms with Crippen molar-refractivity contribution in [3.8, 4) is 11.5 Å². The van der Waals surface area contributed by atoms with Gasteiger partial charge in [-0.15, -0.1) is 0 Å². The number of fused-ring (bicyclic) bond motifs is 4. The normalized spacial score (nSPS) is 24.9. The van der Waals surface area contributed by atoms with Crippen LogP contribution in [-0.2, 0) is 24.6 Å². The first-order chi connectivity index (χ1) is 28.5. The highest BCUT2D eigenvalue weighted by Gasteiger charge is 2.70. The molecule has 59 heavy (non-hydrogen) atoms. The van der Waals surface area contributed by atoms with E-state index in [1.54, 1.807) is 66.7 Å². The SMILES string of the molecule is COc1ccc([C@H]2C3=CC[C@@H]4C(=O)N(c5ccc(N=Nc6ccc(N(C)C)cc6)cc5)C(=O)[C@@H]4[C@@H]3C[C@H]3C(=O)N(c4cccc(Cl)c4)C(=O)[C@@]23c2ccccc2)cc1O. The zero-order valence-electron chi connectivity index (χ0n) is 32.5. The van der Waals surface area contributed by atoms with Gasteiger partial charge in [0.1, 0.15) is 0 Å². The van der Waals surface area contributed by atoms with Gasteiger partial charge in [-0.25, -0.2) is 4.90 Å². The van der Waals surface area contributed by atoms with Crippen molar-refractivity contribution < 1.29 is 29.0 Å². The van der Waals surface area contributed by atoms with Crippen molar-refractivity contribution in [1.29, 1.82) is 0 Å². The zero-order valence-corrected chi connectivity index (χ0v) is 33.3. The number of amides is 4. The molecule has 2 heterocycles. The van der Waals surface area contributed by atoms with Gasteiger partial charge in [0.2, 0.25) is 23.6 Å². The predicted molar refractivity (Wildman–Crippen MR) is 225 cm³/mol. The van der Waals surface area contributed by atoms with E-state index in [-0.39, 0.29) is 36.2 Å². The molecule has 12 heteroatoms. The number of rotatable bonds is 8. The molecule has 296 valence electrons. The third-order valence-electron chi connectivity index (χ3n) is 12.5. The van der Waals surface area contributed by atoms with E-state index in [9.17, 15) is 19.5 Å². The molecular weight excluding hydrogens is 766 g/mol. The summed E-state index contributed by atoms with van der Waals surface area (Å²) in [6, 6.07) is 35.4. The summed E-state index contributed by atoms with van der Waals surface area (Å²) in [5.41, 5.74) is 3.54. The van der Waals surface area contributed by atoms with Crippen LogP contribution in [0.25, 0.3) is 0 Å². The van der Waals surface area contributed by atoms with Gasteiger partial charge in [0.05, 0.1) is 53.0 Å². The van der Waals surface area contributed by atoms with Gasteiger partial charge in [-0.2, -0.15) is 10.2 Å². The Labute approximate surface area is 346 Å². The predicted octanol–water partition coefficient (Wildman–Crippen LogP) is 8.90. The summed E-state index contributed by atoms with van der Waals surface area (Å²) in [5, 5.41) is 20.3. The highest BCUT2D eigenvalue weighted by atomic mass is 35.5. The van der Waals surface area contributed by atoms with Crippen molar-refractivity contribution in [2.45, 2.75) is 24.2 Å². The summed E-state index contributed by atoms with van der Waals surface area (Å²) in [4.78, 5) is 64.0. The van der Waals surface area contributed by atoms with Crippen LogP contribution in [0, 0.1) is 23.7 Å². The summed E-state index contributed by atoms with van der Waals surface area (Å²) in [5.74, 6) is -5.20. The summed E-state index contributed by atoms with van der Waals surface area (Å²) >= 11 is 6.43. The van der Waals surface area contributed by atoms with E-state index < -0.39 is 46.8 Å². The second-order valence-corrected chi connectivity index (χ2v) is 16.1. The fourth-order valence-corrected chi connectivity index (χ4v) is 10.0. The van der Waals surface area contributed by atoms with Gasteiger partial charge in [-0.05, 0) is 109 Å². The monoisotopic (exact) mass is 805 g/mol. The van der Waals surface area contributed by atoms with Gasteiger partial charge < -0.3 is 14.7 Å². The number of azo groups is 1. The molecule has 0 spiro atoms. The lowest BCUT2D eigenvalue weighted by Gasteiger charge is -2.50. The maximum Gasteiger partial charge on any atom is 0.246 e. The van der Waals surface area contributed by atoms with Gasteiger partial charge in [0.25, 0.3) is 0 Å². The number of imide groups is 2. The number of allylic oxidation sites excluding steroid dienone is 2. The fraction of sp³-hybridized carbons (Fsp3) is 0.234. The zero-order chi connectivity index (χ0) is 41.2. The smallest absolute Gasteiger partial charge is 0.246 e. The Morgan fingerprint density at radius 2 is 1.44 bits per heavy atom. The van der Waals surface area contributed by atoms with Gasteiger partial charge in [-0.1, -0.05) is 65.7 Å². The van der Waals surface area contributed by atoms with Crippen LogP contribution in [0.15, 0.2) is 143 Å². The van der Waals surface area contributed by atoms with E-state index in [4.69, 9.17) is 16.3 Å². The lowest BCUT2D eigenvalue weighted by molar-refractivity contribution is -0.127. The number of aromatic hydroxyl groups is 1. The Kier molecular flexibility index (Phi) is 9.43. The number of hydrogen-bond acceptors (Lipinski definition) is 9. The molecule has 2 aliphatic carbocycles. The number of ether oxygens (including phenoxy) is 1. The highest BCUT2D eigenvalue weighted by molar-refractivity contribution is 6.32. The number of carbonyl (C=O) groups is 4. The summed E-state index contributed by atoms with van der Waals surface area (Å²) in [6.45, 7) is 0. The molecule has 0 unspecified atom stereocenters. The molecule has 0 bridgehead atoms. The van der Waals surface area contributed by atoms with Crippen molar-refractivity contribution in [3.05, 3.63) is 149 Å². The molecule has 5 aromatic carbocycles. The average Bonchev–Trinajstić information content (AvgIpc) is 3.64. The lowest BCUT2D eigenvalue weighted by Crippen LogP contribution is -2.53. The summed E-state index contributed by atoms with van der Waals surface area (Å²) in [7, 11) is 5.38. The minimum atomic E-state index is -1.47. The molecule has 4 amide bonds. The number of hydrogen-bond donors (Lipinski definition) is 1. The third kappa shape index (κ3) is 6.02. The Morgan fingerprint density at radius 1 is 0.746 bits per heavy atom. The number of carbonyl (C=O) groups excluding carboxylic acids is 4. The first kappa shape index (κ1) is 38.0. The second kappa shape index (κ2) is 14.7. The van der Waals surface area contributed by atoms with E-state index in [1.165, 1.54) is 16.9 Å². The van der Waals surface area contributed by atoms with Crippen molar-refractivity contribution in [2.75, 3.05) is 35.9 Å². The minimum Gasteiger partial charge on any atom is -0.504 e. The quantitative estimate of drug-likeness (QED) is 0.0941. The van der Waals surface area contributed by atoms with Crippen molar-refractivity contribution >= 4 is 63.7 Å². The molecule has 2 aliphatic heterocycles. The molecular formula is C47H40ClN5O6. The number of phenolic OH excluding ortho intramolecular Hbond substituents is 1. The van der Waals surface area contributed by atoms with Crippen LogP contribution in [0.2, 0.25) is 5.02 Å². The third-order valence-corrected chi connectivity index (χ3v) is 12.7. The molecule has 4 aliphatic rings. The van der Waals surface area contributed by atoms with Crippen molar-refractivity contribution in [1.82, 2.24) is 0 Å². The average molecular weight is 806 g/mol. The Bertz CT molecular complexity index is 2580. The highest BCUT2D eigenvalue weighted by Crippen LogP contribution is 2.65. The topological polar surface area (TPSA) is 132 Å². The van der Waals surface area contributed by atoms with Crippen LogP contribution in [0.5, 0.6) is 11.5 Å². The number of halogens is 1. The van der Waals surface area contributed by atoms with Crippen LogP contribution in [0.3, 0.4) is 0 Å². The van der Waals surface area contributed by atoms with Gasteiger partial charge in [0, 0.05) is 30.7 Å². The molecule has 1 N–H and O–H groups in total. The molecule has 2 saturated heterocycles. The number of methoxy groups -OCH3 is 1. The molecule has 9 rings (SSSR count). The molecule has 1 saturated carbocycles. The Hall–Kier alpha value is -6.59. The standard InChI is InChI=1S/C47H40ClN5O6/c1-51(2)32-17-13-30(14-18-32)49-50-31-15-19-33(20-16-31)52-43(55)36-22-21-35-37(41(36)45(52)57)26-38-44(56)53(34-11-7-10-29(48)25-34)46(58)47(38,28-8-5-4-6-9-28)42(35)27-12-23-40(59-3)39(54)24-27/h4-21,23-25,36-38,41-42,54H,22,26H2,1-3H3/t36-,37+,38-,41-,42-,47+/m0/s1. The van der Waals surface area contributed by atoms with Crippen molar-refractivity contribution in [2.24, 2.45) is 33.9 Å². The van der Waals surface area contributed by atoms with Crippen LogP contribution in [0.4, 0.5) is 28.4 Å². The molecule has 6 atom stereocenters. The Morgan fingerprint density at radius 3 is 2.08 bits per heavy atom. The van der Waals surface area contributed by atoms with Crippen LogP contribution in [0.1, 0.15) is 29.9 Å². The molecule has 0 aromatic heterocycles. The fourth-order valence-electron chi connectivity index (χ4n) is 9.86. The maximum atomic E-state index is 15.4. The van der Waals surface area contributed by atoms with Crippen LogP contribution < -0.4 is 19.4 Å². The number of nitrogens with zero attached hydrogens (tertiary/aromatic N) is 5. The number of benzene rings is 5. The van der Waals surface area contributed by atoms with Gasteiger partial charge in [-0.3, -0.25) is 24.1 Å². The first-order valence-corrected chi connectivity index (χ1v) is 19.8. The minimum absolute atomic E-state index is 0.131. The molecule has 0 radical (unpaired) electrons. The second-order valence-electron chi connectivity index (χ2n) is 15.7. The number of anilines is 3. The first-order valence-electron chi connectivity index (χ1n) is 19.5. The van der Waals surface area contributed by atoms with E-state index >= 15 is 4.79 Å². The maximum absolute atomic E-state index is 15.4. The van der Waals surface area contributed by atoms with Crippen LogP contribution in [-0.4, -0.2) is 49.9 Å². The molecule has 3 fully saturated rings. The largest absolute Gasteiger partial charge is 0.504 e. The molecule has 11 nitrogen and oxygen atoms in total. The van der Waals surface area contributed by atoms with E-state index in [0.717, 1.165) is 11.3 Å². The van der Waals surface area contributed by atoms with E-state index in [0.29, 0.717) is 38.9 Å².